The molecule has 1 aliphatic heterocycles. The molecule has 0 aromatic heterocycles. The van der Waals surface area contributed by atoms with Crippen molar-refractivity contribution in [3.63, 3.8) is 0 Å². The van der Waals surface area contributed by atoms with E-state index in [1.54, 1.807) is 6.20 Å². The molecule has 3 rings (SSSR count). The number of amides is 1. The molecule has 0 spiro atoms. The van der Waals surface area contributed by atoms with E-state index in [0.29, 0.717) is 5.57 Å². The molecule has 0 aliphatic carbocycles. The molecule has 20 heavy (non-hydrogen) atoms. The minimum atomic E-state index is -0.0662. The van der Waals surface area contributed by atoms with Crippen LogP contribution >= 0.6 is 0 Å². The summed E-state index contributed by atoms with van der Waals surface area (Å²) in [4.78, 5) is 12.0. The van der Waals surface area contributed by atoms with E-state index in [1.807, 2.05) is 30.3 Å². The fourth-order valence-corrected chi connectivity index (χ4v) is 2.41. The highest BCUT2D eigenvalue weighted by molar-refractivity contribution is 6.31. The first-order chi connectivity index (χ1) is 9.65. The molecule has 0 saturated carbocycles. The number of rotatable bonds is 2. The SMILES string of the molecule is Cc1ccc(N/C=C2\C(=O)Nc3ccccc32)c(C)c1. The highest BCUT2D eigenvalue weighted by Gasteiger charge is 2.23. The maximum atomic E-state index is 12.0. The number of aryl methyl sites for hydroxylation is 2. The Morgan fingerprint density at radius 2 is 1.90 bits per heavy atom. The van der Waals surface area contributed by atoms with Gasteiger partial charge in [-0.15, -0.1) is 0 Å². The van der Waals surface area contributed by atoms with Crippen molar-refractivity contribution in [1.29, 1.82) is 0 Å². The molecular formula is C17H16N2O. The summed E-state index contributed by atoms with van der Waals surface area (Å²) >= 11 is 0. The zero-order valence-electron chi connectivity index (χ0n) is 11.5. The van der Waals surface area contributed by atoms with Crippen LogP contribution in [0.25, 0.3) is 5.57 Å². The molecule has 2 aromatic carbocycles. The van der Waals surface area contributed by atoms with Crippen molar-refractivity contribution in [2.75, 3.05) is 10.6 Å². The second-order valence-electron chi connectivity index (χ2n) is 5.02. The summed E-state index contributed by atoms with van der Waals surface area (Å²) < 4.78 is 0. The molecule has 1 amide bonds. The van der Waals surface area contributed by atoms with Gasteiger partial charge in [0, 0.05) is 23.1 Å². The third kappa shape index (κ3) is 2.18. The Morgan fingerprint density at radius 1 is 1.10 bits per heavy atom. The molecular weight excluding hydrogens is 248 g/mol. The summed E-state index contributed by atoms with van der Waals surface area (Å²) in [6.45, 7) is 4.12. The van der Waals surface area contributed by atoms with Crippen LogP contribution in [0.5, 0.6) is 0 Å². The van der Waals surface area contributed by atoms with E-state index < -0.39 is 0 Å². The fraction of sp³-hybridized carbons (Fsp3) is 0.118. The molecule has 2 aromatic rings. The van der Waals surface area contributed by atoms with Crippen molar-refractivity contribution < 1.29 is 4.79 Å². The normalized spacial score (nSPS) is 15.1. The molecule has 3 nitrogen and oxygen atoms in total. The summed E-state index contributed by atoms with van der Waals surface area (Å²) in [6, 6.07) is 13.9. The van der Waals surface area contributed by atoms with Crippen molar-refractivity contribution in [3.05, 3.63) is 65.4 Å². The highest BCUT2D eigenvalue weighted by Crippen LogP contribution is 2.31. The molecule has 3 heteroatoms. The summed E-state index contributed by atoms with van der Waals surface area (Å²) in [5.74, 6) is -0.0662. The van der Waals surface area contributed by atoms with Gasteiger partial charge in [-0.3, -0.25) is 4.79 Å². The van der Waals surface area contributed by atoms with Crippen LogP contribution in [0.2, 0.25) is 0 Å². The lowest BCUT2D eigenvalue weighted by atomic mass is 10.1. The zero-order chi connectivity index (χ0) is 14.1. The number of para-hydroxylation sites is 1. The van der Waals surface area contributed by atoms with Gasteiger partial charge in [0.25, 0.3) is 5.91 Å². The molecule has 0 radical (unpaired) electrons. The largest absolute Gasteiger partial charge is 0.361 e. The minimum absolute atomic E-state index is 0.0662. The summed E-state index contributed by atoms with van der Waals surface area (Å²) in [5, 5.41) is 6.09. The molecule has 0 saturated heterocycles. The number of fused-ring (bicyclic) bond motifs is 1. The quantitative estimate of drug-likeness (QED) is 0.812. The number of nitrogens with one attached hydrogen (secondary N) is 2. The number of anilines is 2. The van der Waals surface area contributed by atoms with Gasteiger partial charge in [0.15, 0.2) is 0 Å². The summed E-state index contributed by atoms with van der Waals surface area (Å²) in [7, 11) is 0. The molecule has 0 unspecified atom stereocenters. The lowest BCUT2D eigenvalue weighted by Gasteiger charge is -2.07. The average Bonchev–Trinajstić information content (AvgIpc) is 2.74. The van der Waals surface area contributed by atoms with Crippen LogP contribution in [0, 0.1) is 13.8 Å². The van der Waals surface area contributed by atoms with Crippen molar-refractivity contribution in [3.8, 4) is 0 Å². The van der Waals surface area contributed by atoms with Crippen molar-refractivity contribution >= 4 is 22.9 Å². The maximum absolute atomic E-state index is 12.0. The Kier molecular flexibility index (Phi) is 3.03. The predicted molar refractivity (Wildman–Crippen MR) is 82.6 cm³/mol. The van der Waals surface area contributed by atoms with Crippen LogP contribution in [-0.2, 0) is 4.79 Å². The third-order valence-electron chi connectivity index (χ3n) is 3.46. The van der Waals surface area contributed by atoms with E-state index in [-0.39, 0.29) is 5.91 Å². The smallest absolute Gasteiger partial charge is 0.257 e. The molecule has 2 N–H and O–H groups in total. The van der Waals surface area contributed by atoms with Crippen LogP contribution in [0.3, 0.4) is 0 Å². The van der Waals surface area contributed by atoms with E-state index in [1.165, 1.54) is 5.56 Å². The van der Waals surface area contributed by atoms with Gasteiger partial charge in [-0.05, 0) is 31.5 Å². The van der Waals surface area contributed by atoms with Gasteiger partial charge in [0.2, 0.25) is 0 Å². The first-order valence-corrected chi connectivity index (χ1v) is 6.60. The van der Waals surface area contributed by atoms with Crippen LogP contribution in [0.1, 0.15) is 16.7 Å². The molecule has 1 heterocycles. The van der Waals surface area contributed by atoms with Gasteiger partial charge < -0.3 is 10.6 Å². The van der Waals surface area contributed by atoms with Gasteiger partial charge in [-0.1, -0.05) is 35.9 Å². The Hall–Kier alpha value is -2.55. The monoisotopic (exact) mass is 264 g/mol. The number of carbonyl (C=O) groups is 1. The van der Waals surface area contributed by atoms with E-state index in [4.69, 9.17) is 0 Å². The number of carbonyl (C=O) groups excluding carboxylic acids is 1. The maximum Gasteiger partial charge on any atom is 0.257 e. The van der Waals surface area contributed by atoms with E-state index in [0.717, 1.165) is 22.5 Å². The van der Waals surface area contributed by atoms with Gasteiger partial charge >= 0.3 is 0 Å². The minimum Gasteiger partial charge on any atom is -0.361 e. The number of benzene rings is 2. The number of hydrogen-bond donors (Lipinski definition) is 2. The van der Waals surface area contributed by atoms with Gasteiger partial charge in [0.05, 0.1) is 5.57 Å². The second-order valence-corrected chi connectivity index (χ2v) is 5.02. The first kappa shape index (κ1) is 12.5. The topological polar surface area (TPSA) is 41.1 Å². The average molecular weight is 264 g/mol. The van der Waals surface area contributed by atoms with E-state index in [2.05, 4.69) is 36.6 Å². The Balaban J connectivity index is 1.91. The van der Waals surface area contributed by atoms with Gasteiger partial charge in [0.1, 0.15) is 0 Å². The lowest BCUT2D eigenvalue weighted by molar-refractivity contribution is -0.110. The molecule has 0 fully saturated rings. The Morgan fingerprint density at radius 3 is 2.70 bits per heavy atom. The fourth-order valence-electron chi connectivity index (χ4n) is 2.41. The molecule has 100 valence electrons. The Labute approximate surface area is 118 Å². The first-order valence-electron chi connectivity index (χ1n) is 6.60. The molecule has 0 atom stereocenters. The Bertz CT molecular complexity index is 717. The molecule has 1 aliphatic rings. The van der Waals surface area contributed by atoms with Crippen molar-refractivity contribution in [2.45, 2.75) is 13.8 Å². The van der Waals surface area contributed by atoms with E-state index in [9.17, 15) is 4.79 Å². The predicted octanol–water partition coefficient (Wildman–Crippen LogP) is 3.71. The van der Waals surface area contributed by atoms with Crippen LogP contribution in [0.15, 0.2) is 48.7 Å². The highest BCUT2D eigenvalue weighted by atomic mass is 16.2. The zero-order valence-corrected chi connectivity index (χ0v) is 11.5. The van der Waals surface area contributed by atoms with Gasteiger partial charge in [-0.2, -0.15) is 0 Å². The standard InChI is InChI=1S/C17H16N2O/c1-11-7-8-15(12(2)9-11)18-10-14-13-5-3-4-6-16(13)19-17(14)20/h3-10,18H,1-2H3,(H,19,20)/b14-10-. The van der Waals surface area contributed by atoms with Gasteiger partial charge in [-0.25, -0.2) is 0 Å². The third-order valence-corrected chi connectivity index (χ3v) is 3.46. The van der Waals surface area contributed by atoms with Crippen molar-refractivity contribution in [2.24, 2.45) is 0 Å². The van der Waals surface area contributed by atoms with E-state index >= 15 is 0 Å². The second kappa shape index (κ2) is 4.85. The van der Waals surface area contributed by atoms with Crippen LogP contribution in [-0.4, -0.2) is 5.91 Å². The number of hydrogen-bond acceptors (Lipinski definition) is 2. The summed E-state index contributed by atoms with van der Waals surface area (Å²) in [6.07, 6.45) is 1.78. The summed E-state index contributed by atoms with van der Waals surface area (Å²) in [5.41, 5.74) is 5.87. The molecule has 0 bridgehead atoms. The van der Waals surface area contributed by atoms with Crippen LogP contribution < -0.4 is 10.6 Å². The lowest BCUT2D eigenvalue weighted by Crippen LogP contribution is -2.05. The van der Waals surface area contributed by atoms with Crippen LogP contribution in [0.4, 0.5) is 11.4 Å². The van der Waals surface area contributed by atoms with Crippen molar-refractivity contribution in [1.82, 2.24) is 0 Å².